The van der Waals surface area contributed by atoms with Crippen molar-refractivity contribution < 1.29 is 0 Å². The van der Waals surface area contributed by atoms with Gasteiger partial charge in [0.15, 0.2) is 0 Å². The largest absolute Gasteiger partial charge is 0.329 e. The molecule has 0 radical (unpaired) electrons. The van der Waals surface area contributed by atoms with E-state index in [0.717, 1.165) is 18.7 Å². The number of benzene rings is 1. The van der Waals surface area contributed by atoms with Crippen molar-refractivity contribution in [2.75, 3.05) is 13.1 Å². The van der Waals surface area contributed by atoms with Gasteiger partial charge in [-0.1, -0.05) is 12.1 Å². The average molecular weight is 264 g/mol. The number of hydrogen-bond donors (Lipinski definition) is 3. The van der Waals surface area contributed by atoms with Crippen LogP contribution >= 0.6 is 12.2 Å². The van der Waals surface area contributed by atoms with Gasteiger partial charge in [0.1, 0.15) is 0 Å². The first-order valence-electron chi connectivity index (χ1n) is 6.03. The summed E-state index contributed by atoms with van der Waals surface area (Å²) in [4.78, 5) is 3.91. The Bertz CT molecular complexity index is 398. The second kappa shape index (κ2) is 8.08. The summed E-state index contributed by atoms with van der Waals surface area (Å²) in [6.07, 6.45) is 0.820. The maximum atomic E-state index is 6.13. The molecule has 0 aliphatic heterocycles. The number of nitrogens with two attached hydrogens (primary N) is 2. The summed E-state index contributed by atoms with van der Waals surface area (Å²) in [5.41, 5.74) is 13.6. The molecule has 2 unspecified atom stereocenters. The van der Waals surface area contributed by atoms with Crippen LogP contribution in [-0.2, 0) is 6.42 Å². The Hall–Kier alpha value is -1.10. The van der Waals surface area contributed by atoms with E-state index in [9.17, 15) is 0 Å². The predicted molar refractivity (Wildman–Crippen MR) is 79.3 cm³/mol. The molecule has 0 bridgehead atoms. The highest BCUT2D eigenvalue weighted by atomic mass is 32.1. The van der Waals surface area contributed by atoms with Crippen LogP contribution in [0.4, 0.5) is 5.69 Å². The molecule has 98 valence electrons. The Morgan fingerprint density at radius 2 is 2.06 bits per heavy atom. The molecule has 0 saturated heterocycles. The molecule has 18 heavy (non-hydrogen) atoms. The molecule has 0 aliphatic carbocycles. The van der Waals surface area contributed by atoms with E-state index in [1.807, 2.05) is 24.3 Å². The highest BCUT2D eigenvalue weighted by Gasteiger charge is 2.12. The molecule has 1 aromatic carbocycles. The summed E-state index contributed by atoms with van der Waals surface area (Å²) < 4.78 is 0. The summed E-state index contributed by atoms with van der Waals surface area (Å²) >= 11 is 4.56. The maximum absolute atomic E-state index is 6.13. The average Bonchev–Trinajstić information content (AvgIpc) is 2.38. The monoisotopic (exact) mass is 264 g/mol. The Morgan fingerprint density at radius 1 is 1.39 bits per heavy atom. The first kappa shape index (κ1) is 15.0. The third kappa shape index (κ3) is 5.04. The van der Waals surface area contributed by atoms with Gasteiger partial charge in [0.05, 0.1) is 10.8 Å². The SMILES string of the molecule is CC(NCCN)C(N)Cc1ccc(N=C=S)cc1. The van der Waals surface area contributed by atoms with E-state index >= 15 is 0 Å². The van der Waals surface area contributed by atoms with Gasteiger partial charge in [-0.15, -0.1) is 0 Å². The fourth-order valence-electron chi connectivity index (χ4n) is 1.67. The smallest absolute Gasteiger partial charge is 0.0739 e. The number of rotatable bonds is 7. The lowest BCUT2D eigenvalue weighted by atomic mass is 10.0. The highest BCUT2D eigenvalue weighted by Crippen LogP contribution is 2.13. The van der Waals surface area contributed by atoms with E-state index in [-0.39, 0.29) is 12.1 Å². The zero-order valence-corrected chi connectivity index (χ0v) is 11.4. The standard InChI is InChI=1S/C13H20N4S/c1-10(16-7-6-14)13(15)8-11-2-4-12(5-3-11)17-9-18/h2-5,10,13,16H,6-8,14-15H2,1H3. The Morgan fingerprint density at radius 3 is 2.61 bits per heavy atom. The van der Waals surface area contributed by atoms with Crippen LogP contribution in [0.5, 0.6) is 0 Å². The first-order valence-corrected chi connectivity index (χ1v) is 6.44. The molecule has 1 rings (SSSR count). The van der Waals surface area contributed by atoms with Crippen molar-refractivity contribution in [3.05, 3.63) is 29.8 Å². The van der Waals surface area contributed by atoms with Crippen LogP contribution in [0.3, 0.4) is 0 Å². The minimum Gasteiger partial charge on any atom is -0.329 e. The highest BCUT2D eigenvalue weighted by molar-refractivity contribution is 7.78. The summed E-state index contributed by atoms with van der Waals surface area (Å²) in [7, 11) is 0. The topological polar surface area (TPSA) is 76.4 Å². The number of isothiocyanates is 1. The summed E-state index contributed by atoms with van der Waals surface area (Å²) in [5.74, 6) is 0. The maximum Gasteiger partial charge on any atom is 0.0739 e. The molecule has 0 aromatic heterocycles. The fourth-order valence-corrected chi connectivity index (χ4v) is 1.78. The van der Waals surface area contributed by atoms with E-state index in [1.165, 1.54) is 5.56 Å². The lowest BCUT2D eigenvalue weighted by Crippen LogP contribution is -2.45. The zero-order chi connectivity index (χ0) is 13.4. The molecule has 1 aromatic rings. The molecule has 5 N–H and O–H groups in total. The lowest BCUT2D eigenvalue weighted by Gasteiger charge is -2.21. The van der Waals surface area contributed by atoms with Gasteiger partial charge in [-0.2, -0.15) is 4.99 Å². The predicted octanol–water partition coefficient (Wildman–Crippen LogP) is 1.23. The minimum absolute atomic E-state index is 0.0661. The molecule has 4 nitrogen and oxygen atoms in total. The van der Waals surface area contributed by atoms with Crippen LogP contribution in [0.2, 0.25) is 0 Å². The van der Waals surface area contributed by atoms with Crippen LogP contribution < -0.4 is 16.8 Å². The van der Waals surface area contributed by atoms with Crippen LogP contribution in [0.25, 0.3) is 0 Å². The second-order valence-electron chi connectivity index (χ2n) is 4.27. The van der Waals surface area contributed by atoms with Crippen molar-refractivity contribution in [1.82, 2.24) is 5.32 Å². The van der Waals surface area contributed by atoms with Crippen LogP contribution in [0, 0.1) is 0 Å². The van der Waals surface area contributed by atoms with Crippen LogP contribution in [0.15, 0.2) is 29.3 Å². The number of nitrogens with one attached hydrogen (secondary N) is 1. The fraction of sp³-hybridized carbons (Fsp3) is 0.462. The van der Waals surface area contributed by atoms with E-state index in [4.69, 9.17) is 11.5 Å². The molecular formula is C13H20N4S. The van der Waals surface area contributed by atoms with Crippen molar-refractivity contribution in [2.24, 2.45) is 16.5 Å². The van der Waals surface area contributed by atoms with E-state index in [2.05, 4.69) is 34.6 Å². The number of hydrogen-bond acceptors (Lipinski definition) is 5. The van der Waals surface area contributed by atoms with Gasteiger partial charge >= 0.3 is 0 Å². The van der Waals surface area contributed by atoms with Gasteiger partial charge in [0, 0.05) is 25.2 Å². The molecular weight excluding hydrogens is 244 g/mol. The quantitative estimate of drug-likeness (QED) is 0.511. The number of nitrogens with zero attached hydrogens (tertiary/aromatic N) is 1. The van der Waals surface area contributed by atoms with Gasteiger partial charge in [0.25, 0.3) is 0 Å². The van der Waals surface area contributed by atoms with Crippen molar-refractivity contribution >= 4 is 23.1 Å². The molecule has 0 fully saturated rings. The molecule has 0 amide bonds. The second-order valence-corrected chi connectivity index (χ2v) is 4.45. The molecule has 2 atom stereocenters. The van der Waals surface area contributed by atoms with E-state index in [1.54, 1.807) is 0 Å². The lowest BCUT2D eigenvalue weighted by molar-refractivity contribution is 0.459. The summed E-state index contributed by atoms with van der Waals surface area (Å²) in [6.45, 7) is 3.49. The Kier molecular flexibility index (Phi) is 6.72. The Labute approximate surface area is 113 Å². The first-order chi connectivity index (χ1) is 8.67. The summed E-state index contributed by atoms with van der Waals surface area (Å²) in [6, 6.07) is 8.17. The number of aliphatic imine (C=N–C) groups is 1. The van der Waals surface area contributed by atoms with Gasteiger partial charge < -0.3 is 16.8 Å². The Balaban J connectivity index is 2.53. The van der Waals surface area contributed by atoms with Crippen molar-refractivity contribution in [3.8, 4) is 0 Å². The van der Waals surface area contributed by atoms with Gasteiger partial charge in [-0.05, 0) is 43.3 Å². The summed E-state index contributed by atoms with van der Waals surface area (Å²) in [5, 5.41) is 5.64. The normalized spacial score (nSPS) is 13.7. The van der Waals surface area contributed by atoms with E-state index < -0.39 is 0 Å². The van der Waals surface area contributed by atoms with Gasteiger partial charge in [0.2, 0.25) is 0 Å². The molecule has 0 spiro atoms. The molecule has 0 aliphatic rings. The third-order valence-corrected chi connectivity index (χ3v) is 2.93. The van der Waals surface area contributed by atoms with Crippen molar-refractivity contribution in [3.63, 3.8) is 0 Å². The van der Waals surface area contributed by atoms with Crippen LogP contribution in [-0.4, -0.2) is 30.3 Å². The zero-order valence-electron chi connectivity index (χ0n) is 10.6. The molecule has 0 heterocycles. The van der Waals surface area contributed by atoms with Gasteiger partial charge in [-0.3, -0.25) is 0 Å². The van der Waals surface area contributed by atoms with Crippen LogP contribution in [0.1, 0.15) is 12.5 Å². The van der Waals surface area contributed by atoms with E-state index in [0.29, 0.717) is 6.54 Å². The molecule has 5 heteroatoms. The molecule has 0 saturated carbocycles. The third-order valence-electron chi connectivity index (χ3n) is 2.84. The van der Waals surface area contributed by atoms with Crippen molar-refractivity contribution in [1.29, 1.82) is 0 Å². The number of thiocarbonyl (C=S) groups is 1. The minimum atomic E-state index is 0.0661. The van der Waals surface area contributed by atoms with Crippen molar-refractivity contribution in [2.45, 2.75) is 25.4 Å². The van der Waals surface area contributed by atoms with Gasteiger partial charge in [-0.25, -0.2) is 0 Å².